The Morgan fingerprint density at radius 2 is 2.18 bits per heavy atom. The topological polar surface area (TPSA) is 58.6 Å². The summed E-state index contributed by atoms with van der Waals surface area (Å²) in [6, 6.07) is 6.53. The summed E-state index contributed by atoms with van der Waals surface area (Å²) in [7, 11) is 1.55. The molecule has 1 heterocycles. The fraction of sp³-hybridized carbons (Fsp3) is 0.333. The largest absolute Gasteiger partial charge is 0.497 e. The molecule has 0 unspecified atom stereocenters. The van der Waals surface area contributed by atoms with Gasteiger partial charge in [0.15, 0.2) is 0 Å². The maximum absolute atomic E-state index is 11.8. The lowest BCUT2D eigenvalue weighted by Crippen LogP contribution is -2.41. The second kappa shape index (κ2) is 4.86. The van der Waals surface area contributed by atoms with E-state index in [-0.39, 0.29) is 11.9 Å². The Hall–Kier alpha value is -2.04. The van der Waals surface area contributed by atoms with Crippen LogP contribution in [0.4, 0.5) is 10.5 Å². The number of methoxy groups -OCH3 is 1. The number of carbonyl (C=O) groups excluding carboxylic acids is 2. The minimum Gasteiger partial charge on any atom is -0.497 e. The van der Waals surface area contributed by atoms with Crippen LogP contribution < -0.4 is 15.0 Å². The number of hydrogen-bond donors (Lipinski definition) is 1. The summed E-state index contributed by atoms with van der Waals surface area (Å²) >= 11 is 0. The third-order valence-electron chi connectivity index (χ3n) is 2.61. The zero-order valence-electron chi connectivity index (χ0n) is 9.60. The Labute approximate surface area is 99.4 Å². The van der Waals surface area contributed by atoms with E-state index in [2.05, 4.69) is 5.32 Å². The maximum Gasteiger partial charge on any atom is 0.328 e. The normalized spacial score (nSPS) is 16.4. The van der Waals surface area contributed by atoms with Crippen molar-refractivity contribution in [2.45, 2.75) is 12.8 Å². The lowest BCUT2D eigenvalue weighted by molar-refractivity contribution is -0.117. The quantitative estimate of drug-likeness (QED) is 0.844. The summed E-state index contributed by atoms with van der Waals surface area (Å²) in [6.07, 6.45) is 1.04. The number of benzene rings is 1. The number of imide groups is 1. The van der Waals surface area contributed by atoms with Crippen molar-refractivity contribution in [3.63, 3.8) is 0 Å². The van der Waals surface area contributed by atoms with Crippen LogP contribution in [0.15, 0.2) is 24.3 Å². The van der Waals surface area contributed by atoms with Crippen LogP contribution in [-0.2, 0) is 4.79 Å². The van der Waals surface area contributed by atoms with Gasteiger partial charge in [-0.3, -0.25) is 4.79 Å². The molecule has 1 aliphatic rings. The van der Waals surface area contributed by atoms with Crippen LogP contribution in [0.3, 0.4) is 0 Å². The smallest absolute Gasteiger partial charge is 0.328 e. The SMILES string of the molecule is COc1cccc(N2C(=O)CCCNC2=O)c1. The molecule has 1 aliphatic heterocycles. The molecule has 0 bridgehead atoms. The van der Waals surface area contributed by atoms with Crippen LogP contribution in [0.5, 0.6) is 5.75 Å². The minimum absolute atomic E-state index is 0.187. The maximum atomic E-state index is 11.8. The molecular weight excluding hydrogens is 220 g/mol. The molecule has 0 radical (unpaired) electrons. The number of carbonyl (C=O) groups is 2. The van der Waals surface area contributed by atoms with E-state index in [0.29, 0.717) is 30.8 Å². The van der Waals surface area contributed by atoms with E-state index < -0.39 is 0 Å². The van der Waals surface area contributed by atoms with E-state index in [0.717, 1.165) is 4.90 Å². The molecule has 1 N–H and O–H groups in total. The van der Waals surface area contributed by atoms with E-state index in [4.69, 9.17) is 4.74 Å². The van der Waals surface area contributed by atoms with Crippen LogP contribution >= 0.6 is 0 Å². The first-order valence-corrected chi connectivity index (χ1v) is 5.47. The Morgan fingerprint density at radius 3 is 2.94 bits per heavy atom. The van der Waals surface area contributed by atoms with Gasteiger partial charge in [-0.2, -0.15) is 0 Å². The predicted molar refractivity (Wildman–Crippen MR) is 63.1 cm³/mol. The van der Waals surface area contributed by atoms with Crippen molar-refractivity contribution in [3.8, 4) is 5.75 Å². The van der Waals surface area contributed by atoms with Crippen molar-refractivity contribution in [3.05, 3.63) is 24.3 Å². The van der Waals surface area contributed by atoms with Gasteiger partial charge in [0, 0.05) is 19.0 Å². The molecule has 0 spiro atoms. The van der Waals surface area contributed by atoms with Gasteiger partial charge in [-0.15, -0.1) is 0 Å². The van der Waals surface area contributed by atoms with Crippen molar-refractivity contribution >= 4 is 17.6 Å². The van der Waals surface area contributed by atoms with Crippen molar-refractivity contribution in [1.82, 2.24) is 5.32 Å². The third-order valence-corrected chi connectivity index (χ3v) is 2.61. The highest BCUT2D eigenvalue weighted by Crippen LogP contribution is 2.22. The van der Waals surface area contributed by atoms with Gasteiger partial charge in [-0.05, 0) is 18.6 Å². The number of hydrogen-bond acceptors (Lipinski definition) is 3. The van der Waals surface area contributed by atoms with Gasteiger partial charge in [-0.1, -0.05) is 6.07 Å². The molecule has 3 amide bonds. The zero-order valence-corrected chi connectivity index (χ0v) is 9.60. The summed E-state index contributed by atoms with van der Waals surface area (Å²) in [5, 5.41) is 2.69. The standard InChI is InChI=1S/C12H14N2O3/c1-17-10-5-2-4-9(8-10)14-11(15)6-3-7-13-12(14)16/h2,4-5,8H,3,6-7H2,1H3,(H,13,16). The number of rotatable bonds is 2. The van der Waals surface area contributed by atoms with Crippen LogP contribution in [0.1, 0.15) is 12.8 Å². The lowest BCUT2D eigenvalue weighted by atomic mass is 10.2. The highest BCUT2D eigenvalue weighted by molar-refractivity contribution is 6.14. The Kier molecular flexibility index (Phi) is 3.27. The first-order valence-electron chi connectivity index (χ1n) is 5.47. The Bertz CT molecular complexity index is 427. The lowest BCUT2D eigenvalue weighted by Gasteiger charge is -2.18. The first kappa shape index (κ1) is 11.4. The number of nitrogens with one attached hydrogen (secondary N) is 1. The highest BCUT2D eigenvalue weighted by Gasteiger charge is 2.25. The molecule has 1 aromatic rings. The second-order valence-electron chi connectivity index (χ2n) is 3.77. The molecule has 0 aromatic heterocycles. The molecule has 0 aliphatic carbocycles. The molecule has 5 heteroatoms. The molecule has 1 aromatic carbocycles. The number of anilines is 1. The number of urea groups is 1. The van der Waals surface area contributed by atoms with Crippen LogP contribution in [0, 0.1) is 0 Å². The third kappa shape index (κ3) is 2.38. The molecular formula is C12H14N2O3. The van der Waals surface area contributed by atoms with Gasteiger partial charge in [0.1, 0.15) is 5.75 Å². The summed E-state index contributed by atoms with van der Waals surface area (Å²) in [5.41, 5.74) is 0.536. The fourth-order valence-electron chi connectivity index (χ4n) is 1.75. The predicted octanol–water partition coefficient (Wildman–Crippen LogP) is 1.53. The highest BCUT2D eigenvalue weighted by atomic mass is 16.5. The molecule has 1 fully saturated rings. The molecule has 17 heavy (non-hydrogen) atoms. The van der Waals surface area contributed by atoms with Crippen LogP contribution in [-0.4, -0.2) is 25.6 Å². The average Bonchev–Trinajstić information content (AvgIpc) is 2.51. The number of ether oxygens (including phenoxy) is 1. The Balaban J connectivity index is 2.34. The van der Waals surface area contributed by atoms with Gasteiger partial charge in [-0.25, -0.2) is 9.69 Å². The second-order valence-corrected chi connectivity index (χ2v) is 3.77. The molecule has 2 rings (SSSR count). The van der Waals surface area contributed by atoms with Crippen LogP contribution in [0.25, 0.3) is 0 Å². The fourth-order valence-corrected chi connectivity index (χ4v) is 1.75. The zero-order chi connectivity index (χ0) is 12.3. The van der Waals surface area contributed by atoms with Crippen molar-refractivity contribution in [1.29, 1.82) is 0 Å². The molecule has 0 saturated carbocycles. The van der Waals surface area contributed by atoms with Crippen molar-refractivity contribution in [2.75, 3.05) is 18.6 Å². The molecule has 90 valence electrons. The van der Waals surface area contributed by atoms with E-state index in [1.807, 2.05) is 0 Å². The van der Waals surface area contributed by atoms with E-state index in [9.17, 15) is 9.59 Å². The number of amides is 3. The summed E-state index contributed by atoms with van der Waals surface area (Å²) in [4.78, 5) is 24.8. The van der Waals surface area contributed by atoms with E-state index >= 15 is 0 Å². The van der Waals surface area contributed by atoms with Crippen molar-refractivity contribution < 1.29 is 14.3 Å². The van der Waals surface area contributed by atoms with Gasteiger partial charge in [0.05, 0.1) is 12.8 Å². The average molecular weight is 234 g/mol. The van der Waals surface area contributed by atoms with Crippen LogP contribution in [0.2, 0.25) is 0 Å². The summed E-state index contributed by atoms with van der Waals surface area (Å²) in [6.45, 7) is 0.533. The molecule has 5 nitrogen and oxygen atoms in total. The van der Waals surface area contributed by atoms with E-state index in [1.54, 1.807) is 31.4 Å². The van der Waals surface area contributed by atoms with Crippen molar-refractivity contribution in [2.24, 2.45) is 0 Å². The first-order chi connectivity index (χ1) is 8.22. The van der Waals surface area contributed by atoms with Gasteiger partial charge in [0.25, 0.3) is 0 Å². The Morgan fingerprint density at radius 1 is 1.35 bits per heavy atom. The summed E-state index contributed by atoms with van der Waals surface area (Å²) < 4.78 is 5.08. The minimum atomic E-state index is -0.374. The monoisotopic (exact) mass is 234 g/mol. The van der Waals surface area contributed by atoms with Gasteiger partial charge in [0.2, 0.25) is 5.91 Å². The van der Waals surface area contributed by atoms with E-state index in [1.165, 1.54) is 0 Å². The van der Waals surface area contributed by atoms with Gasteiger partial charge < -0.3 is 10.1 Å². The van der Waals surface area contributed by atoms with Gasteiger partial charge >= 0.3 is 6.03 Å². The number of nitrogens with zero attached hydrogens (tertiary/aromatic N) is 1. The summed E-state index contributed by atoms with van der Waals surface area (Å²) in [5.74, 6) is 0.431. The molecule has 1 saturated heterocycles. The molecule has 0 atom stereocenters.